The molecule has 3 atom stereocenters. The molecule has 176 valence electrons. The number of fused-ring (bicyclic) bond motifs is 5. The number of hydrogen-bond acceptors (Lipinski definition) is 6. The average molecular weight is 482 g/mol. The zero-order valence-corrected chi connectivity index (χ0v) is 20.0. The van der Waals surface area contributed by atoms with E-state index in [1.165, 1.54) is 10.6 Å². The van der Waals surface area contributed by atoms with Crippen LogP contribution in [0.3, 0.4) is 0 Å². The van der Waals surface area contributed by atoms with Gasteiger partial charge in [0.1, 0.15) is 35.4 Å². The zero-order chi connectivity index (χ0) is 24.1. The average Bonchev–Trinajstić information content (AvgIpc) is 2.86. The van der Waals surface area contributed by atoms with Crippen LogP contribution in [0.2, 0.25) is 5.02 Å². The lowest BCUT2D eigenvalue weighted by Gasteiger charge is -2.51. The van der Waals surface area contributed by atoms with Crippen molar-refractivity contribution in [3.63, 3.8) is 0 Å². The summed E-state index contributed by atoms with van der Waals surface area (Å²) in [7, 11) is 1.69. The van der Waals surface area contributed by atoms with Gasteiger partial charge in [0.25, 0.3) is 5.56 Å². The Kier molecular flexibility index (Phi) is 5.70. The first-order valence-corrected chi connectivity index (χ1v) is 11.8. The van der Waals surface area contributed by atoms with Crippen molar-refractivity contribution in [1.29, 1.82) is 5.26 Å². The predicted octanol–water partition coefficient (Wildman–Crippen LogP) is 4.02. The fourth-order valence-electron chi connectivity index (χ4n) is 5.20. The van der Waals surface area contributed by atoms with E-state index in [1.54, 1.807) is 31.3 Å². The van der Waals surface area contributed by atoms with Crippen LogP contribution in [0.1, 0.15) is 37.6 Å². The Hall–Kier alpha value is -3.15. The van der Waals surface area contributed by atoms with Gasteiger partial charge in [-0.3, -0.25) is 9.69 Å². The van der Waals surface area contributed by atoms with Gasteiger partial charge in [0, 0.05) is 32.2 Å². The smallest absolute Gasteiger partial charge is 0.295 e. The van der Waals surface area contributed by atoms with Crippen LogP contribution in [-0.2, 0) is 7.05 Å². The van der Waals surface area contributed by atoms with Crippen molar-refractivity contribution in [1.82, 2.24) is 14.5 Å². The number of piperazine rings is 1. The number of aromatic nitrogens is 2. The van der Waals surface area contributed by atoms with Crippen molar-refractivity contribution in [2.45, 2.75) is 38.4 Å². The number of ether oxygens (including phenoxy) is 1. The molecule has 0 spiro atoms. The molecular formula is C25H25ClFN5O2. The first kappa shape index (κ1) is 22.6. The molecular weight excluding hydrogens is 457 g/mol. The van der Waals surface area contributed by atoms with Crippen molar-refractivity contribution in [3.05, 3.63) is 62.8 Å². The number of halogens is 2. The van der Waals surface area contributed by atoms with Crippen LogP contribution >= 0.6 is 11.6 Å². The third-order valence-corrected chi connectivity index (χ3v) is 7.42. The molecule has 0 N–H and O–H groups in total. The highest BCUT2D eigenvalue weighted by Crippen LogP contribution is 2.40. The summed E-state index contributed by atoms with van der Waals surface area (Å²) in [5.41, 5.74) is 2.97. The van der Waals surface area contributed by atoms with Crippen molar-refractivity contribution in [2.24, 2.45) is 7.05 Å². The summed E-state index contributed by atoms with van der Waals surface area (Å²) < 4.78 is 21.3. The van der Waals surface area contributed by atoms with E-state index >= 15 is 0 Å². The van der Waals surface area contributed by atoms with Gasteiger partial charge in [-0.1, -0.05) is 24.6 Å². The van der Waals surface area contributed by atoms with E-state index < -0.39 is 5.82 Å². The molecule has 4 heterocycles. The second-order valence-electron chi connectivity index (χ2n) is 8.94. The summed E-state index contributed by atoms with van der Waals surface area (Å²) >= 11 is 6.06. The van der Waals surface area contributed by atoms with Crippen LogP contribution in [0.15, 0.2) is 35.1 Å². The summed E-state index contributed by atoms with van der Waals surface area (Å²) in [5.74, 6) is -0.139. The Labute approximate surface area is 201 Å². The number of nitriles is 1. The Bertz CT molecular complexity index is 1380. The largest absolute Gasteiger partial charge is 0.484 e. The molecule has 3 aromatic rings. The van der Waals surface area contributed by atoms with Gasteiger partial charge in [0.15, 0.2) is 0 Å². The van der Waals surface area contributed by atoms with Crippen molar-refractivity contribution < 1.29 is 9.13 Å². The Morgan fingerprint density at radius 3 is 2.82 bits per heavy atom. The SMILES string of the molecule is CC[C@@H]1CN2c3c(c(=O)n(C)c4ccc(C#N)nc34)OC[C@@H]2CN1[C@H](C)c1ccc(F)c(Cl)c1. The van der Waals surface area contributed by atoms with Crippen molar-refractivity contribution in [3.8, 4) is 11.8 Å². The van der Waals surface area contributed by atoms with Gasteiger partial charge in [0.05, 0.1) is 16.6 Å². The van der Waals surface area contributed by atoms with Gasteiger partial charge in [-0.05, 0) is 43.2 Å². The Morgan fingerprint density at radius 2 is 2.12 bits per heavy atom. The minimum absolute atomic E-state index is 0.00322. The van der Waals surface area contributed by atoms with Crippen molar-refractivity contribution >= 4 is 28.3 Å². The van der Waals surface area contributed by atoms with Gasteiger partial charge < -0.3 is 14.2 Å². The summed E-state index contributed by atoms with van der Waals surface area (Å²) in [6.45, 7) is 5.99. The maximum absolute atomic E-state index is 13.7. The normalized spacial score (nSPS) is 20.9. The maximum atomic E-state index is 13.7. The molecule has 2 aromatic heterocycles. The van der Waals surface area contributed by atoms with Gasteiger partial charge >= 0.3 is 0 Å². The Morgan fingerprint density at radius 1 is 1.32 bits per heavy atom. The van der Waals surface area contributed by atoms with Crippen LogP contribution in [0.5, 0.6) is 5.75 Å². The monoisotopic (exact) mass is 481 g/mol. The van der Waals surface area contributed by atoms with E-state index in [0.717, 1.165) is 12.0 Å². The van der Waals surface area contributed by atoms with Crippen LogP contribution in [0.4, 0.5) is 10.1 Å². The fraction of sp³-hybridized carbons (Fsp3) is 0.400. The number of benzene rings is 1. The molecule has 7 nitrogen and oxygen atoms in total. The number of anilines is 1. The van der Waals surface area contributed by atoms with E-state index in [0.29, 0.717) is 42.1 Å². The maximum Gasteiger partial charge on any atom is 0.295 e. The third-order valence-electron chi connectivity index (χ3n) is 7.13. The highest BCUT2D eigenvalue weighted by atomic mass is 35.5. The number of aryl methyl sites for hydroxylation is 1. The van der Waals surface area contributed by atoms with Crippen LogP contribution in [0, 0.1) is 17.1 Å². The molecule has 34 heavy (non-hydrogen) atoms. The standard InChI is InChI=1S/C25H25ClFN5O2/c1-4-17-11-32-18(12-31(17)14(2)15-5-7-20(27)19(26)9-15)13-34-24-23(32)22-21(30(3)25(24)33)8-6-16(10-28)29-22/h5-9,14,17-18H,4,11-13H2,1-3H3/t14-,17-,18+/m1/s1. The molecule has 0 aliphatic carbocycles. The van der Waals surface area contributed by atoms with Gasteiger partial charge in [-0.25, -0.2) is 9.37 Å². The number of hydrogen-bond donors (Lipinski definition) is 0. The van der Waals surface area contributed by atoms with E-state index in [9.17, 15) is 14.4 Å². The summed E-state index contributed by atoms with van der Waals surface area (Å²) in [6.07, 6.45) is 0.887. The lowest BCUT2D eigenvalue weighted by molar-refractivity contribution is 0.0811. The van der Waals surface area contributed by atoms with E-state index in [1.807, 2.05) is 0 Å². The summed E-state index contributed by atoms with van der Waals surface area (Å²) in [5, 5.41) is 9.53. The number of rotatable bonds is 3. The highest BCUT2D eigenvalue weighted by Gasteiger charge is 2.41. The van der Waals surface area contributed by atoms with E-state index in [2.05, 4.69) is 34.7 Å². The number of pyridine rings is 2. The minimum atomic E-state index is -0.426. The predicted molar refractivity (Wildman–Crippen MR) is 129 cm³/mol. The molecule has 0 bridgehead atoms. The summed E-state index contributed by atoms with van der Waals surface area (Å²) in [4.78, 5) is 22.3. The molecule has 9 heteroatoms. The molecule has 5 rings (SSSR count). The molecule has 0 radical (unpaired) electrons. The van der Waals surface area contributed by atoms with Crippen molar-refractivity contribution in [2.75, 3.05) is 24.6 Å². The molecule has 1 fully saturated rings. The lowest BCUT2D eigenvalue weighted by atomic mass is 9.97. The molecule has 0 saturated carbocycles. The fourth-order valence-corrected chi connectivity index (χ4v) is 5.38. The molecule has 1 saturated heterocycles. The van der Waals surface area contributed by atoms with Crippen LogP contribution in [0.25, 0.3) is 11.0 Å². The van der Waals surface area contributed by atoms with Gasteiger partial charge in [-0.2, -0.15) is 5.26 Å². The summed E-state index contributed by atoms with van der Waals surface area (Å²) in [6, 6.07) is 10.6. The third kappa shape index (κ3) is 3.51. The lowest BCUT2D eigenvalue weighted by Crippen LogP contribution is -2.62. The zero-order valence-electron chi connectivity index (χ0n) is 19.3. The van der Waals surface area contributed by atoms with Gasteiger partial charge in [0.2, 0.25) is 5.75 Å². The molecule has 0 unspecified atom stereocenters. The first-order valence-electron chi connectivity index (χ1n) is 11.4. The molecule has 2 aliphatic heterocycles. The van der Waals surface area contributed by atoms with Gasteiger partial charge in [-0.15, -0.1) is 0 Å². The Balaban J connectivity index is 1.57. The topological polar surface area (TPSA) is 74.4 Å². The van der Waals surface area contributed by atoms with Crippen LogP contribution < -0.4 is 15.2 Å². The number of nitrogens with zero attached hydrogens (tertiary/aromatic N) is 5. The highest BCUT2D eigenvalue weighted by molar-refractivity contribution is 6.30. The quantitative estimate of drug-likeness (QED) is 0.562. The molecule has 0 amide bonds. The molecule has 1 aromatic carbocycles. The minimum Gasteiger partial charge on any atom is -0.484 e. The van der Waals surface area contributed by atoms with E-state index in [4.69, 9.17) is 16.3 Å². The second kappa shape index (κ2) is 8.57. The molecule has 2 aliphatic rings. The van der Waals surface area contributed by atoms with Crippen LogP contribution in [-0.4, -0.2) is 46.2 Å². The first-order chi connectivity index (χ1) is 16.3. The second-order valence-corrected chi connectivity index (χ2v) is 9.35. The van der Waals surface area contributed by atoms with E-state index in [-0.39, 0.29) is 34.5 Å².